The van der Waals surface area contributed by atoms with E-state index in [4.69, 9.17) is 10.00 Å². The number of carbonyl (C=O) groups is 1. The lowest BCUT2D eigenvalue weighted by molar-refractivity contribution is 0.103. The van der Waals surface area contributed by atoms with Crippen LogP contribution in [0.4, 0.5) is 4.39 Å². The minimum atomic E-state index is -0.402. The van der Waals surface area contributed by atoms with E-state index in [2.05, 4.69) is 0 Å². The fourth-order valence-electron chi connectivity index (χ4n) is 1.79. The van der Waals surface area contributed by atoms with Crippen LogP contribution in [0.1, 0.15) is 15.9 Å². The van der Waals surface area contributed by atoms with Gasteiger partial charge in [0.05, 0.1) is 7.11 Å². The van der Waals surface area contributed by atoms with E-state index in [0.717, 1.165) is 0 Å². The van der Waals surface area contributed by atoms with E-state index in [1.165, 1.54) is 37.5 Å². The summed E-state index contributed by atoms with van der Waals surface area (Å²) in [5, 5.41) is 9.16. The third kappa shape index (κ3) is 3.54. The Balaban J connectivity index is 2.34. The third-order valence-corrected chi connectivity index (χ3v) is 2.88. The predicted octanol–water partition coefficient (Wildman–Crippen LogP) is 3.62. The molecule has 0 radical (unpaired) electrons. The first-order chi connectivity index (χ1) is 10.1. The lowest BCUT2D eigenvalue weighted by atomic mass is 10.0. The van der Waals surface area contributed by atoms with Crippen LogP contribution < -0.4 is 4.74 Å². The van der Waals surface area contributed by atoms with Gasteiger partial charge in [-0.3, -0.25) is 4.79 Å². The van der Waals surface area contributed by atoms with Crippen molar-refractivity contribution in [3.05, 3.63) is 71.0 Å². The quantitative estimate of drug-likeness (QED) is 0.488. The standard InChI is InChI=1S/C17H12FNO2/c1-21-16-4-2-3-13(10-16)17(20)14(11-19)9-12-5-7-15(18)8-6-12/h2-10H,1H3. The summed E-state index contributed by atoms with van der Waals surface area (Å²) in [6.07, 6.45) is 1.43. The molecule has 4 heteroatoms. The summed E-state index contributed by atoms with van der Waals surface area (Å²) in [4.78, 5) is 12.3. The van der Waals surface area contributed by atoms with Crippen LogP contribution in [0.25, 0.3) is 6.08 Å². The molecule has 104 valence electrons. The highest BCUT2D eigenvalue weighted by Gasteiger charge is 2.12. The van der Waals surface area contributed by atoms with E-state index in [-0.39, 0.29) is 11.4 Å². The summed E-state index contributed by atoms with van der Waals surface area (Å²) >= 11 is 0. The number of hydrogen-bond donors (Lipinski definition) is 0. The molecule has 3 nitrogen and oxygen atoms in total. The van der Waals surface area contributed by atoms with Crippen molar-refractivity contribution in [1.29, 1.82) is 5.26 Å². The van der Waals surface area contributed by atoms with Gasteiger partial charge in [0.2, 0.25) is 5.78 Å². The van der Waals surface area contributed by atoms with Gasteiger partial charge in [-0.15, -0.1) is 0 Å². The summed E-state index contributed by atoms with van der Waals surface area (Å²) < 4.78 is 17.9. The predicted molar refractivity (Wildman–Crippen MR) is 77.3 cm³/mol. The molecule has 2 aromatic rings. The lowest BCUT2D eigenvalue weighted by Gasteiger charge is -2.03. The van der Waals surface area contributed by atoms with Crippen LogP contribution in [0.5, 0.6) is 5.75 Å². The number of Topliss-reactive ketones (excluding diaryl/α,β-unsaturated/α-hetero) is 1. The molecule has 0 N–H and O–H groups in total. The third-order valence-electron chi connectivity index (χ3n) is 2.88. The molecular formula is C17H12FNO2. The maximum Gasteiger partial charge on any atom is 0.203 e. The molecule has 0 aromatic heterocycles. The number of ether oxygens (including phenoxy) is 1. The molecule has 0 fully saturated rings. The monoisotopic (exact) mass is 281 g/mol. The first-order valence-electron chi connectivity index (χ1n) is 6.20. The van der Waals surface area contributed by atoms with Crippen molar-refractivity contribution in [2.24, 2.45) is 0 Å². The minimum Gasteiger partial charge on any atom is -0.497 e. The maximum atomic E-state index is 12.8. The molecule has 0 unspecified atom stereocenters. The van der Waals surface area contributed by atoms with Crippen molar-refractivity contribution in [3.8, 4) is 11.8 Å². The van der Waals surface area contributed by atoms with Crippen molar-refractivity contribution < 1.29 is 13.9 Å². The van der Waals surface area contributed by atoms with E-state index in [0.29, 0.717) is 16.9 Å². The average Bonchev–Trinajstić information content (AvgIpc) is 2.53. The molecule has 0 aliphatic heterocycles. The number of nitriles is 1. The Bertz CT molecular complexity index is 727. The zero-order valence-corrected chi connectivity index (χ0v) is 11.3. The van der Waals surface area contributed by atoms with Crippen molar-refractivity contribution in [1.82, 2.24) is 0 Å². The highest BCUT2D eigenvalue weighted by molar-refractivity contribution is 6.14. The van der Waals surface area contributed by atoms with Crippen molar-refractivity contribution in [2.45, 2.75) is 0 Å². The largest absolute Gasteiger partial charge is 0.497 e. The Morgan fingerprint density at radius 1 is 1.24 bits per heavy atom. The van der Waals surface area contributed by atoms with Gasteiger partial charge < -0.3 is 4.74 Å². The second-order valence-corrected chi connectivity index (χ2v) is 4.28. The molecule has 0 saturated heterocycles. The van der Waals surface area contributed by atoms with E-state index in [1.807, 2.05) is 6.07 Å². The van der Waals surface area contributed by atoms with Crippen LogP contribution >= 0.6 is 0 Å². The molecule has 0 heterocycles. The summed E-state index contributed by atoms with van der Waals surface area (Å²) in [5.41, 5.74) is 0.934. The zero-order valence-electron chi connectivity index (χ0n) is 11.3. The van der Waals surface area contributed by atoms with Gasteiger partial charge in [-0.2, -0.15) is 5.26 Å². The first-order valence-corrected chi connectivity index (χ1v) is 6.20. The number of allylic oxidation sites excluding steroid dienone is 1. The van der Waals surface area contributed by atoms with Gasteiger partial charge in [0, 0.05) is 5.56 Å². The number of benzene rings is 2. The second kappa shape index (κ2) is 6.49. The SMILES string of the molecule is COc1cccc(C(=O)C(C#N)=Cc2ccc(F)cc2)c1. The van der Waals surface area contributed by atoms with Crippen LogP contribution in [0, 0.1) is 17.1 Å². The van der Waals surface area contributed by atoms with E-state index in [1.54, 1.807) is 24.3 Å². The molecule has 21 heavy (non-hydrogen) atoms. The maximum absolute atomic E-state index is 12.8. The number of carbonyl (C=O) groups excluding carboxylic acids is 1. The summed E-state index contributed by atoms with van der Waals surface area (Å²) in [6.45, 7) is 0. The second-order valence-electron chi connectivity index (χ2n) is 4.28. The Morgan fingerprint density at radius 3 is 2.57 bits per heavy atom. The van der Waals surface area contributed by atoms with Crippen molar-refractivity contribution in [2.75, 3.05) is 7.11 Å². The fourth-order valence-corrected chi connectivity index (χ4v) is 1.79. The number of ketones is 1. The van der Waals surface area contributed by atoms with Crippen LogP contribution in [-0.2, 0) is 0 Å². The topological polar surface area (TPSA) is 50.1 Å². The molecule has 2 rings (SSSR count). The number of methoxy groups -OCH3 is 1. The fraction of sp³-hybridized carbons (Fsp3) is 0.0588. The van der Waals surface area contributed by atoms with Gasteiger partial charge >= 0.3 is 0 Å². The Morgan fingerprint density at radius 2 is 1.95 bits per heavy atom. The molecular weight excluding hydrogens is 269 g/mol. The molecule has 0 amide bonds. The van der Waals surface area contributed by atoms with Crippen LogP contribution in [-0.4, -0.2) is 12.9 Å². The first kappa shape index (κ1) is 14.5. The molecule has 0 saturated carbocycles. The number of halogens is 1. The van der Waals surface area contributed by atoms with Gasteiger partial charge in [0.25, 0.3) is 0 Å². The van der Waals surface area contributed by atoms with Crippen molar-refractivity contribution in [3.63, 3.8) is 0 Å². The molecule has 0 aliphatic rings. The molecule has 0 spiro atoms. The summed E-state index contributed by atoms with van der Waals surface area (Å²) in [6, 6.07) is 14.0. The lowest BCUT2D eigenvalue weighted by Crippen LogP contribution is -2.02. The Hall–Kier alpha value is -2.93. The molecule has 2 aromatic carbocycles. The Kier molecular flexibility index (Phi) is 4.47. The zero-order chi connectivity index (χ0) is 15.2. The normalized spacial score (nSPS) is 10.8. The van der Waals surface area contributed by atoms with Gasteiger partial charge in [-0.1, -0.05) is 24.3 Å². The smallest absolute Gasteiger partial charge is 0.203 e. The number of hydrogen-bond acceptors (Lipinski definition) is 3. The highest BCUT2D eigenvalue weighted by atomic mass is 19.1. The summed E-state index contributed by atoms with van der Waals surface area (Å²) in [5.74, 6) is -0.231. The van der Waals surface area contributed by atoms with Crippen LogP contribution in [0.2, 0.25) is 0 Å². The van der Waals surface area contributed by atoms with Gasteiger partial charge in [-0.05, 0) is 35.9 Å². The van der Waals surface area contributed by atoms with Crippen LogP contribution in [0.3, 0.4) is 0 Å². The Labute approximate surface area is 121 Å². The molecule has 0 atom stereocenters. The van der Waals surface area contributed by atoms with Gasteiger partial charge in [0.1, 0.15) is 23.2 Å². The van der Waals surface area contributed by atoms with Gasteiger partial charge in [0.15, 0.2) is 0 Å². The van der Waals surface area contributed by atoms with E-state index < -0.39 is 5.78 Å². The number of rotatable bonds is 4. The average molecular weight is 281 g/mol. The van der Waals surface area contributed by atoms with Crippen LogP contribution in [0.15, 0.2) is 54.1 Å². The molecule has 0 aliphatic carbocycles. The summed E-state index contributed by atoms with van der Waals surface area (Å²) in [7, 11) is 1.50. The molecule has 0 bridgehead atoms. The van der Waals surface area contributed by atoms with Crippen molar-refractivity contribution >= 4 is 11.9 Å². The highest BCUT2D eigenvalue weighted by Crippen LogP contribution is 2.17. The van der Waals surface area contributed by atoms with E-state index >= 15 is 0 Å². The minimum absolute atomic E-state index is 0.0186. The van der Waals surface area contributed by atoms with E-state index in [9.17, 15) is 9.18 Å². The van der Waals surface area contributed by atoms with Gasteiger partial charge in [-0.25, -0.2) is 4.39 Å². The number of nitrogens with zero attached hydrogens (tertiary/aromatic N) is 1.